The van der Waals surface area contributed by atoms with Crippen molar-refractivity contribution in [3.8, 4) is 11.1 Å². The van der Waals surface area contributed by atoms with Crippen LogP contribution in [0.15, 0.2) is 60.7 Å². The van der Waals surface area contributed by atoms with E-state index in [1.165, 1.54) is 12.1 Å². The maximum atomic E-state index is 14.7. The second kappa shape index (κ2) is 9.11. The second-order valence-electron chi connectivity index (χ2n) is 7.19. The molecule has 3 aromatic carbocycles. The van der Waals surface area contributed by atoms with Gasteiger partial charge >= 0.3 is 0 Å². The van der Waals surface area contributed by atoms with E-state index in [1.807, 2.05) is 4.90 Å². The standard InChI is InChI=1S/C23H19F2N3O4/c24-16-12-18(15-4-2-1-3-5-15)22(20(25)13-16)26-23(29)19-14-17(28(30)31)6-7-21(19)27-8-10-32-11-9-27/h1-7,12-14H,8-11H2,(H,26,29). The van der Waals surface area contributed by atoms with Crippen molar-refractivity contribution in [3.05, 3.63) is 88.0 Å². The molecule has 7 nitrogen and oxygen atoms in total. The van der Waals surface area contributed by atoms with Gasteiger partial charge in [-0.25, -0.2) is 8.78 Å². The van der Waals surface area contributed by atoms with Gasteiger partial charge in [-0.15, -0.1) is 0 Å². The van der Waals surface area contributed by atoms with E-state index in [2.05, 4.69) is 5.32 Å². The van der Waals surface area contributed by atoms with Gasteiger partial charge in [-0.05, 0) is 17.7 Å². The number of rotatable bonds is 5. The van der Waals surface area contributed by atoms with Crippen LogP contribution in [0.3, 0.4) is 0 Å². The highest BCUT2D eigenvalue weighted by Gasteiger charge is 2.24. The zero-order valence-electron chi connectivity index (χ0n) is 16.9. The number of hydrogen-bond donors (Lipinski definition) is 1. The predicted octanol–water partition coefficient (Wildman–Crippen LogP) is 4.63. The minimum absolute atomic E-state index is 0.0174. The summed E-state index contributed by atoms with van der Waals surface area (Å²) in [5, 5.41) is 13.8. The lowest BCUT2D eigenvalue weighted by molar-refractivity contribution is -0.384. The van der Waals surface area contributed by atoms with Crippen LogP contribution in [-0.2, 0) is 4.74 Å². The Morgan fingerprint density at radius 3 is 2.44 bits per heavy atom. The lowest BCUT2D eigenvalue weighted by Crippen LogP contribution is -2.37. The Bertz CT molecular complexity index is 1170. The summed E-state index contributed by atoms with van der Waals surface area (Å²) in [6, 6.07) is 14.3. The molecule has 3 aromatic rings. The van der Waals surface area contributed by atoms with E-state index in [4.69, 9.17) is 4.74 Å². The highest BCUT2D eigenvalue weighted by molar-refractivity contribution is 6.10. The third-order valence-corrected chi connectivity index (χ3v) is 5.17. The van der Waals surface area contributed by atoms with Crippen LogP contribution in [0.25, 0.3) is 11.1 Å². The third kappa shape index (κ3) is 4.42. The summed E-state index contributed by atoms with van der Waals surface area (Å²) in [6.45, 7) is 1.89. The molecular formula is C23H19F2N3O4. The number of amides is 1. The van der Waals surface area contributed by atoms with Crippen LogP contribution in [0.4, 0.5) is 25.8 Å². The first kappa shape index (κ1) is 21.4. The number of nitro groups is 1. The highest BCUT2D eigenvalue weighted by Crippen LogP contribution is 2.33. The van der Waals surface area contributed by atoms with Crippen LogP contribution >= 0.6 is 0 Å². The van der Waals surface area contributed by atoms with E-state index in [1.54, 1.807) is 30.3 Å². The lowest BCUT2D eigenvalue weighted by atomic mass is 10.0. The molecule has 32 heavy (non-hydrogen) atoms. The molecular weight excluding hydrogens is 420 g/mol. The van der Waals surface area contributed by atoms with Gasteiger partial charge in [0.05, 0.1) is 35.1 Å². The van der Waals surface area contributed by atoms with E-state index >= 15 is 0 Å². The maximum absolute atomic E-state index is 14.7. The van der Waals surface area contributed by atoms with Crippen molar-refractivity contribution in [2.24, 2.45) is 0 Å². The molecule has 0 aromatic heterocycles. The molecule has 1 N–H and O–H groups in total. The maximum Gasteiger partial charge on any atom is 0.270 e. The second-order valence-corrected chi connectivity index (χ2v) is 7.19. The number of benzene rings is 3. The van der Waals surface area contributed by atoms with Gasteiger partial charge < -0.3 is 15.0 Å². The van der Waals surface area contributed by atoms with E-state index in [-0.39, 0.29) is 22.5 Å². The van der Waals surface area contributed by atoms with Crippen LogP contribution in [0, 0.1) is 21.7 Å². The summed E-state index contributed by atoms with van der Waals surface area (Å²) < 4.78 is 34.0. The Morgan fingerprint density at radius 2 is 1.75 bits per heavy atom. The van der Waals surface area contributed by atoms with Gasteiger partial charge in [-0.3, -0.25) is 14.9 Å². The Hall–Kier alpha value is -3.85. The zero-order valence-corrected chi connectivity index (χ0v) is 16.9. The summed E-state index contributed by atoms with van der Waals surface area (Å²) in [5.74, 6) is -2.47. The van der Waals surface area contributed by atoms with Crippen LogP contribution in [0.2, 0.25) is 0 Å². The number of nitrogens with zero attached hydrogens (tertiary/aromatic N) is 2. The topological polar surface area (TPSA) is 84.7 Å². The number of morpholine rings is 1. The fourth-order valence-corrected chi connectivity index (χ4v) is 3.63. The van der Waals surface area contributed by atoms with Crippen molar-refractivity contribution < 1.29 is 23.2 Å². The minimum atomic E-state index is -0.949. The summed E-state index contributed by atoms with van der Waals surface area (Å²) in [5.41, 5.74) is 0.685. The summed E-state index contributed by atoms with van der Waals surface area (Å²) in [6.07, 6.45) is 0. The molecule has 0 unspecified atom stereocenters. The first-order chi connectivity index (χ1) is 15.4. The average Bonchev–Trinajstić information content (AvgIpc) is 2.81. The number of hydrogen-bond acceptors (Lipinski definition) is 5. The van der Waals surface area contributed by atoms with Crippen molar-refractivity contribution in [1.82, 2.24) is 0 Å². The molecule has 0 bridgehead atoms. The molecule has 9 heteroatoms. The van der Waals surface area contributed by atoms with Gasteiger partial charge in [0, 0.05) is 36.9 Å². The third-order valence-electron chi connectivity index (χ3n) is 5.17. The highest BCUT2D eigenvalue weighted by atomic mass is 19.1. The van der Waals surface area contributed by atoms with Gasteiger partial charge in [0.2, 0.25) is 0 Å². The number of non-ortho nitro benzene ring substituents is 1. The monoisotopic (exact) mass is 439 g/mol. The quantitative estimate of drug-likeness (QED) is 0.463. The number of anilines is 2. The molecule has 0 spiro atoms. The Morgan fingerprint density at radius 1 is 1.03 bits per heavy atom. The molecule has 1 aliphatic rings. The normalized spacial score (nSPS) is 13.6. The number of nitrogens with one attached hydrogen (secondary N) is 1. The smallest absolute Gasteiger partial charge is 0.270 e. The molecule has 0 aliphatic carbocycles. The summed E-state index contributed by atoms with van der Waals surface area (Å²) in [7, 11) is 0. The van der Waals surface area contributed by atoms with Crippen molar-refractivity contribution >= 4 is 23.0 Å². The van der Waals surface area contributed by atoms with Crippen LogP contribution in [0.5, 0.6) is 0 Å². The van der Waals surface area contributed by atoms with Gasteiger partial charge in [0.25, 0.3) is 11.6 Å². The summed E-state index contributed by atoms with van der Waals surface area (Å²) in [4.78, 5) is 25.8. The Balaban J connectivity index is 1.76. The number of ether oxygens (including phenoxy) is 1. The number of carbonyl (C=O) groups excluding carboxylic acids is 1. The first-order valence-electron chi connectivity index (χ1n) is 9.91. The van der Waals surface area contributed by atoms with Crippen LogP contribution in [-0.4, -0.2) is 37.1 Å². The zero-order chi connectivity index (χ0) is 22.7. The fraction of sp³-hybridized carbons (Fsp3) is 0.174. The Labute approximate surface area is 182 Å². The molecule has 1 amide bonds. The molecule has 1 fully saturated rings. The van der Waals surface area contributed by atoms with Gasteiger partial charge in [-0.2, -0.15) is 0 Å². The van der Waals surface area contributed by atoms with Gasteiger partial charge in [-0.1, -0.05) is 30.3 Å². The molecule has 1 aliphatic heterocycles. The molecule has 0 saturated carbocycles. The molecule has 0 radical (unpaired) electrons. The van der Waals surface area contributed by atoms with Crippen molar-refractivity contribution in [2.45, 2.75) is 0 Å². The van der Waals surface area contributed by atoms with Crippen LogP contribution in [0.1, 0.15) is 10.4 Å². The van der Waals surface area contributed by atoms with Crippen molar-refractivity contribution in [2.75, 3.05) is 36.5 Å². The minimum Gasteiger partial charge on any atom is -0.378 e. The molecule has 1 saturated heterocycles. The molecule has 1 heterocycles. The van der Waals surface area contributed by atoms with Crippen LogP contribution < -0.4 is 10.2 Å². The van der Waals surface area contributed by atoms with Gasteiger partial charge in [0.15, 0.2) is 0 Å². The van der Waals surface area contributed by atoms with Crippen molar-refractivity contribution in [1.29, 1.82) is 0 Å². The summed E-state index contributed by atoms with van der Waals surface area (Å²) >= 11 is 0. The van der Waals surface area contributed by atoms with Crippen molar-refractivity contribution in [3.63, 3.8) is 0 Å². The average molecular weight is 439 g/mol. The largest absolute Gasteiger partial charge is 0.378 e. The van der Waals surface area contributed by atoms with E-state index in [0.29, 0.717) is 43.6 Å². The number of nitro benzene ring substituents is 1. The van der Waals surface area contributed by atoms with E-state index in [0.717, 1.165) is 12.1 Å². The fourth-order valence-electron chi connectivity index (χ4n) is 3.63. The van der Waals surface area contributed by atoms with Gasteiger partial charge in [0.1, 0.15) is 11.6 Å². The SMILES string of the molecule is O=C(Nc1c(F)cc(F)cc1-c1ccccc1)c1cc([N+](=O)[O-])ccc1N1CCOCC1. The number of halogens is 2. The molecule has 164 valence electrons. The first-order valence-corrected chi connectivity index (χ1v) is 9.91. The van der Waals surface area contributed by atoms with E-state index in [9.17, 15) is 23.7 Å². The lowest BCUT2D eigenvalue weighted by Gasteiger charge is -2.30. The van der Waals surface area contributed by atoms with E-state index < -0.39 is 22.5 Å². The molecule has 0 atom stereocenters. The molecule has 4 rings (SSSR count). The Kier molecular flexibility index (Phi) is 6.09. The predicted molar refractivity (Wildman–Crippen MR) is 116 cm³/mol. The number of carbonyl (C=O) groups is 1.